The van der Waals surface area contributed by atoms with Gasteiger partial charge in [-0.25, -0.2) is 0 Å². The lowest BCUT2D eigenvalue weighted by molar-refractivity contribution is 0.101. The van der Waals surface area contributed by atoms with Gasteiger partial charge in [0.2, 0.25) is 0 Å². The summed E-state index contributed by atoms with van der Waals surface area (Å²) in [5, 5.41) is 0. The Morgan fingerprint density at radius 1 is 1.38 bits per heavy atom. The second kappa shape index (κ2) is 4.15. The van der Waals surface area contributed by atoms with Crippen LogP contribution in [0.5, 0.6) is 0 Å². The molecule has 0 radical (unpaired) electrons. The van der Waals surface area contributed by atoms with Gasteiger partial charge >= 0.3 is 0 Å². The molecule has 0 bridgehead atoms. The van der Waals surface area contributed by atoms with Crippen LogP contribution < -0.4 is 0 Å². The molecule has 0 aliphatic heterocycles. The molecule has 1 aromatic carbocycles. The lowest BCUT2D eigenvalue weighted by Crippen LogP contribution is -1.97. The molecule has 1 rings (SSSR count). The third-order valence-electron chi connectivity index (χ3n) is 1.57. The highest BCUT2D eigenvalue weighted by atomic mass is 79.9. The van der Waals surface area contributed by atoms with Gasteiger partial charge in [0.05, 0.1) is 0 Å². The second-order valence-corrected chi connectivity index (χ2v) is 4.24. The summed E-state index contributed by atoms with van der Waals surface area (Å²) in [6.45, 7) is 1.46. The molecule has 0 aromatic heterocycles. The van der Waals surface area contributed by atoms with Crippen LogP contribution >= 0.6 is 31.9 Å². The molecule has 0 spiro atoms. The van der Waals surface area contributed by atoms with Crippen molar-refractivity contribution in [2.75, 3.05) is 0 Å². The van der Waals surface area contributed by atoms with Crippen molar-refractivity contribution in [1.29, 1.82) is 0 Å². The normalized spacial score (nSPS) is 9.77. The summed E-state index contributed by atoms with van der Waals surface area (Å²) in [6, 6.07) is 3.34. The van der Waals surface area contributed by atoms with Gasteiger partial charge in [0, 0.05) is 20.1 Å². The monoisotopic (exact) mass is 304 g/mol. The molecular formula is C9H6Br2O2. The molecule has 13 heavy (non-hydrogen) atoms. The summed E-state index contributed by atoms with van der Waals surface area (Å²) in [5.41, 5.74) is 0.982. The van der Waals surface area contributed by atoms with E-state index in [9.17, 15) is 9.59 Å². The van der Waals surface area contributed by atoms with Crippen LogP contribution in [0.15, 0.2) is 21.1 Å². The number of aldehydes is 1. The van der Waals surface area contributed by atoms with Gasteiger partial charge in [-0.05, 0) is 35.0 Å². The van der Waals surface area contributed by atoms with Crippen LogP contribution in [0.2, 0.25) is 0 Å². The molecule has 0 heterocycles. The van der Waals surface area contributed by atoms with Crippen molar-refractivity contribution in [2.24, 2.45) is 0 Å². The number of halogens is 2. The Morgan fingerprint density at radius 2 is 2.00 bits per heavy atom. The van der Waals surface area contributed by atoms with Gasteiger partial charge in [0.25, 0.3) is 0 Å². The highest BCUT2D eigenvalue weighted by Crippen LogP contribution is 2.25. The Hall–Kier alpha value is -0.480. The van der Waals surface area contributed by atoms with E-state index in [0.717, 1.165) is 4.47 Å². The molecule has 0 N–H and O–H groups in total. The largest absolute Gasteiger partial charge is 0.298 e. The zero-order valence-corrected chi connectivity index (χ0v) is 9.98. The molecule has 0 saturated carbocycles. The first-order valence-electron chi connectivity index (χ1n) is 3.51. The molecular weight excluding hydrogens is 300 g/mol. The van der Waals surface area contributed by atoms with Crippen LogP contribution in [0.1, 0.15) is 27.6 Å². The van der Waals surface area contributed by atoms with Crippen LogP contribution in [0, 0.1) is 0 Å². The number of carbonyl (C=O) groups is 2. The van der Waals surface area contributed by atoms with Crippen molar-refractivity contribution in [1.82, 2.24) is 0 Å². The topological polar surface area (TPSA) is 34.1 Å². The molecule has 0 fully saturated rings. The van der Waals surface area contributed by atoms with Crippen molar-refractivity contribution in [3.05, 3.63) is 32.2 Å². The SMILES string of the molecule is CC(=O)c1cc(Br)cc(C=O)c1Br. The van der Waals surface area contributed by atoms with Gasteiger partial charge < -0.3 is 0 Å². The molecule has 0 aliphatic carbocycles. The predicted octanol–water partition coefficient (Wildman–Crippen LogP) is 3.23. The number of benzene rings is 1. The first-order valence-corrected chi connectivity index (χ1v) is 5.10. The zero-order valence-electron chi connectivity index (χ0n) is 6.80. The number of carbonyl (C=O) groups excluding carboxylic acids is 2. The van der Waals surface area contributed by atoms with Crippen LogP contribution in [-0.2, 0) is 0 Å². The molecule has 1 aromatic rings. The highest BCUT2D eigenvalue weighted by molar-refractivity contribution is 9.11. The predicted molar refractivity (Wildman–Crippen MR) is 57.2 cm³/mol. The maximum atomic E-state index is 11.1. The van der Waals surface area contributed by atoms with Gasteiger partial charge in [0.15, 0.2) is 12.1 Å². The molecule has 0 atom stereocenters. The summed E-state index contributed by atoms with van der Waals surface area (Å²) < 4.78 is 1.28. The minimum atomic E-state index is -0.0729. The average molecular weight is 306 g/mol. The minimum Gasteiger partial charge on any atom is -0.298 e. The van der Waals surface area contributed by atoms with Crippen LogP contribution in [0.3, 0.4) is 0 Å². The summed E-state index contributed by atoms with van der Waals surface area (Å²) in [6.07, 6.45) is 0.710. The molecule has 2 nitrogen and oxygen atoms in total. The molecule has 0 unspecified atom stereocenters. The number of hydrogen-bond donors (Lipinski definition) is 0. The Kier molecular flexibility index (Phi) is 3.39. The van der Waals surface area contributed by atoms with Gasteiger partial charge in [-0.1, -0.05) is 15.9 Å². The maximum absolute atomic E-state index is 11.1. The lowest BCUT2D eigenvalue weighted by Gasteiger charge is -2.03. The van der Waals surface area contributed by atoms with Crippen molar-refractivity contribution < 1.29 is 9.59 Å². The van der Waals surface area contributed by atoms with E-state index >= 15 is 0 Å². The van der Waals surface area contributed by atoms with Crippen molar-refractivity contribution in [2.45, 2.75) is 6.92 Å². The summed E-state index contributed by atoms with van der Waals surface area (Å²) in [4.78, 5) is 21.7. The van der Waals surface area contributed by atoms with Gasteiger partial charge in [-0.15, -0.1) is 0 Å². The van der Waals surface area contributed by atoms with E-state index in [1.807, 2.05) is 0 Å². The van der Waals surface area contributed by atoms with E-state index in [0.29, 0.717) is 21.9 Å². The van der Waals surface area contributed by atoms with Crippen molar-refractivity contribution in [3.63, 3.8) is 0 Å². The van der Waals surface area contributed by atoms with E-state index in [1.54, 1.807) is 12.1 Å². The Balaban J connectivity index is 3.44. The third kappa shape index (κ3) is 2.25. The molecule has 0 aliphatic rings. The van der Waals surface area contributed by atoms with Crippen LogP contribution in [0.4, 0.5) is 0 Å². The third-order valence-corrected chi connectivity index (χ3v) is 2.91. The number of ketones is 1. The highest BCUT2D eigenvalue weighted by Gasteiger charge is 2.10. The molecule has 68 valence electrons. The average Bonchev–Trinajstić information content (AvgIpc) is 2.08. The van der Waals surface area contributed by atoms with E-state index < -0.39 is 0 Å². The van der Waals surface area contributed by atoms with Crippen molar-refractivity contribution >= 4 is 43.9 Å². The second-order valence-electron chi connectivity index (χ2n) is 2.53. The molecule has 0 saturated heterocycles. The van der Waals surface area contributed by atoms with Crippen LogP contribution in [0.25, 0.3) is 0 Å². The van der Waals surface area contributed by atoms with Crippen molar-refractivity contribution in [3.8, 4) is 0 Å². The van der Waals surface area contributed by atoms with E-state index in [4.69, 9.17) is 0 Å². The van der Waals surface area contributed by atoms with Gasteiger partial charge in [-0.2, -0.15) is 0 Å². The quantitative estimate of drug-likeness (QED) is 0.621. The fraction of sp³-hybridized carbons (Fsp3) is 0.111. The fourth-order valence-corrected chi connectivity index (χ4v) is 2.03. The Morgan fingerprint density at radius 3 is 2.46 bits per heavy atom. The lowest BCUT2D eigenvalue weighted by atomic mass is 10.1. The van der Waals surface area contributed by atoms with Gasteiger partial charge in [0.1, 0.15) is 0 Å². The Bertz CT molecular complexity index is 372. The summed E-state index contributed by atoms with van der Waals surface area (Å²) in [5.74, 6) is -0.0729. The van der Waals surface area contributed by atoms with Gasteiger partial charge in [-0.3, -0.25) is 9.59 Å². The zero-order chi connectivity index (χ0) is 10.0. The first-order chi connectivity index (χ1) is 6.06. The maximum Gasteiger partial charge on any atom is 0.160 e. The van der Waals surface area contributed by atoms with E-state index in [2.05, 4.69) is 31.9 Å². The smallest absolute Gasteiger partial charge is 0.160 e. The fourth-order valence-electron chi connectivity index (χ4n) is 0.952. The Labute approximate surface area is 92.6 Å². The summed E-state index contributed by atoms with van der Waals surface area (Å²) in [7, 11) is 0. The van der Waals surface area contributed by atoms with Crippen LogP contribution in [-0.4, -0.2) is 12.1 Å². The first kappa shape index (κ1) is 10.6. The van der Waals surface area contributed by atoms with E-state index in [-0.39, 0.29) is 5.78 Å². The standard InChI is InChI=1S/C9H6Br2O2/c1-5(13)8-3-7(10)2-6(4-12)9(8)11/h2-4H,1H3. The molecule has 4 heteroatoms. The van der Waals surface area contributed by atoms with E-state index in [1.165, 1.54) is 6.92 Å². The molecule has 0 amide bonds. The number of rotatable bonds is 2. The summed E-state index contributed by atoms with van der Waals surface area (Å²) >= 11 is 6.43. The minimum absolute atomic E-state index is 0.0729. The number of Topliss-reactive ketones (excluding diaryl/α,β-unsaturated/α-hetero) is 1. The number of hydrogen-bond acceptors (Lipinski definition) is 2.